The van der Waals surface area contributed by atoms with Crippen LogP contribution >= 0.6 is 12.4 Å². The summed E-state index contributed by atoms with van der Waals surface area (Å²) in [5.41, 5.74) is 7.27. The Balaban J connectivity index is 0.00000338. The number of benzene rings is 2. The molecular formula is C19H23ClFNO4. The van der Waals surface area contributed by atoms with Crippen molar-refractivity contribution in [2.24, 2.45) is 5.73 Å². The third kappa shape index (κ3) is 5.61. The lowest BCUT2D eigenvalue weighted by Crippen LogP contribution is -2.31. The highest BCUT2D eigenvalue weighted by molar-refractivity contribution is 5.85. The van der Waals surface area contributed by atoms with Crippen molar-refractivity contribution in [3.8, 4) is 11.5 Å². The number of ether oxygens (including phenoxy) is 3. The van der Waals surface area contributed by atoms with Gasteiger partial charge in [-0.2, -0.15) is 0 Å². The SMILES string of the molecule is CCOC(=O)C(F)[C@@H](N)c1ccc(OCc2ccccc2)c(OC)c1.Cl. The molecule has 0 spiro atoms. The Morgan fingerprint density at radius 1 is 1.15 bits per heavy atom. The molecule has 2 aromatic carbocycles. The molecule has 1 unspecified atom stereocenters. The van der Waals surface area contributed by atoms with Crippen molar-refractivity contribution in [3.63, 3.8) is 0 Å². The predicted molar refractivity (Wildman–Crippen MR) is 99.5 cm³/mol. The lowest BCUT2D eigenvalue weighted by molar-refractivity contribution is -0.149. The van der Waals surface area contributed by atoms with E-state index in [0.717, 1.165) is 5.56 Å². The third-order valence-corrected chi connectivity index (χ3v) is 3.64. The third-order valence-electron chi connectivity index (χ3n) is 3.64. The van der Waals surface area contributed by atoms with Gasteiger partial charge >= 0.3 is 5.97 Å². The zero-order valence-electron chi connectivity index (χ0n) is 14.7. The van der Waals surface area contributed by atoms with Gasteiger partial charge in [0.2, 0.25) is 6.17 Å². The van der Waals surface area contributed by atoms with Crippen molar-refractivity contribution in [2.45, 2.75) is 25.7 Å². The summed E-state index contributed by atoms with van der Waals surface area (Å²) in [6.07, 6.45) is -1.94. The van der Waals surface area contributed by atoms with Gasteiger partial charge in [0, 0.05) is 0 Å². The second kappa shape index (κ2) is 10.6. The molecule has 0 saturated heterocycles. The molecule has 2 N–H and O–H groups in total. The molecule has 7 heteroatoms. The first-order chi connectivity index (χ1) is 12.1. The van der Waals surface area contributed by atoms with Crippen LogP contribution in [0.3, 0.4) is 0 Å². The number of alkyl halides is 1. The summed E-state index contributed by atoms with van der Waals surface area (Å²) in [6.45, 7) is 2.08. The van der Waals surface area contributed by atoms with Gasteiger partial charge in [-0.05, 0) is 30.2 Å². The summed E-state index contributed by atoms with van der Waals surface area (Å²) in [7, 11) is 1.48. The number of rotatable bonds is 8. The Labute approximate surface area is 158 Å². The van der Waals surface area contributed by atoms with Crippen molar-refractivity contribution < 1.29 is 23.4 Å². The Bertz CT molecular complexity index is 699. The largest absolute Gasteiger partial charge is 0.493 e. The number of methoxy groups -OCH3 is 1. The zero-order chi connectivity index (χ0) is 18.2. The molecule has 0 aromatic heterocycles. The monoisotopic (exact) mass is 383 g/mol. The van der Waals surface area contributed by atoms with Crippen LogP contribution in [0, 0.1) is 0 Å². The van der Waals surface area contributed by atoms with Crippen molar-refractivity contribution in [1.82, 2.24) is 0 Å². The average molecular weight is 384 g/mol. The maximum absolute atomic E-state index is 14.1. The number of hydrogen-bond acceptors (Lipinski definition) is 5. The highest BCUT2D eigenvalue weighted by atomic mass is 35.5. The molecule has 0 radical (unpaired) electrons. The first kappa shape index (κ1) is 21.7. The number of esters is 1. The fourth-order valence-electron chi connectivity index (χ4n) is 2.28. The first-order valence-electron chi connectivity index (χ1n) is 7.97. The maximum Gasteiger partial charge on any atom is 0.342 e. The molecule has 0 amide bonds. The molecule has 0 aliphatic carbocycles. The predicted octanol–water partition coefficient (Wildman–Crippen LogP) is 3.60. The summed E-state index contributed by atoms with van der Waals surface area (Å²) in [5, 5.41) is 0. The molecular weight excluding hydrogens is 361 g/mol. The molecule has 0 bridgehead atoms. The standard InChI is InChI=1S/C19H22FNO4.ClH/c1-3-24-19(22)17(20)18(21)14-9-10-15(16(11-14)23-2)25-12-13-7-5-4-6-8-13;/h4-11,17-18H,3,12,21H2,1-2H3;1H/t17?,18-;/m0./s1. The summed E-state index contributed by atoms with van der Waals surface area (Å²) in [6, 6.07) is 13.4. The normalized spacial score (nSPS) is 12.5. The average Bonchev–Trinajstić information content (AvgIpc) is 2.66. The molecule has 0 fully saturated rings. The van der Waals surface area contributed by atoms with Crippen LogP contribution in [-0.2, 0) is 16.1 Å². The van der Waals surface area contributed by atoms with Crippen LogP contribution in [0.25, 0.3) is 0 Å². The summed E-state index contributed by atoms with van der Waals surface area (Å²) >= 11 is 0. The number of carbonyl (C=O) groups excluding carboxylic acids is 1. The van der Waals surface area contributed by atoms with E-state index in [1.54, 1.807) is 25.1 Å². The van der Waals surface area contributed by atoms with Crippen molar-refractivity contribution >= 4 is 18.4 Å². The molecule has 2 rings (SSSR count). The number of carbonyl (C=O) groups is 1. The molecule has 2 atom stereocenters. The van der Waals surface area contributed by atoms with Crippen LogP contribution in [0.4, 0.5) is 4.39 Å². The van der Waals surface area contributed by atoms with Crippen LogP contribution < -0.4 is 15.2 Å². The van der Waals surface area contributed by atoms with E-state index in [1.165, 1.54) is 7.11 Å². The van der Waals surface area contributed by atoms with E-state index in [9.17, 15) is 9.18 Å². The second-order valence-electron chi connectivity index (χ2n) is 5.36. The zero-order valence-corrected chi connectivity index (χ0v) is 15.5. The number of hydrogen-bond donors (Lipinski definition) is 1. The van der Waals surface area contributed by atoms with Crippen LogP contribution in [-0.4, -0.2) is 25.9 Å². The minimum atomic E-state index is -1.94. The fourth-order valence-corrected chi connectivity index (χ4v) is 2.28. The topological polar surface area (TPSA) is 70.8 Å². The van der Waals surface area contributed by atoms with Gasteiger partial charge in [-0.15, -0.1) is 12.4 Å². The minimum Gasteiger partial charge on any atom is -0.493 e. The van der Waals surface area contributed by atoms with Gasteiger partial charge in [0.1, 0.15) is 6.61 Å². The molecule has 5 nitrogen and oxygen atoms in total. The summed E-state index contributed by atoms with van der Waals surface area (Å²) in [4.78, 5) is 11.5. The molecule has 0 aliphatic rings. The van der Waals surface area contributed by atoms with Crippen LogP contribution in [0.15, 0.2) is 48.5 Å². The van der Waals surface area contributed by atoms with Crippen molar-refractivity contribution in [3.05, 3.63) is 59.7 Å². The Hall–Kier alpha value is -2.31. The molecule has 0 saturated carbocycles. The van der Waals surface area contributed by atoms with E-state index >= 15 is 0 Å². The fraction of sp³-hybridized carbons (Fsp3) is 0.316. The smallest absolute Gasteiger partial charge is 0.342 e. The van der Waals surface area contributed by atoms with E-state index in [1.807, 2.05) is 30.3 Å². The van der Waals surface area contributed by atoms with Gasteiger partial charge < -0.3 is 19.9 Å². The molecule has 142 valence electrons. The van der Waals surface area contributed by atoms with Gasteiger partial charge in [-0.1, -0.05) is 36.4 Å². The van der Waals surface area contributed by atoms with E-state index in [0.29, 0.717) is 23.7 Å². The van der Waals surface area contributed by atoms with E-state index in [4.69, 9.17) is 15.2 Å². The first-order valence-corrected chi connectivity index (χ1v) is 7.97. The molecule has 26 heavy (non-hydrogen) atoms. The lowest BCUT2D eigenvalue weighted by Gasteiger charge is -2.18. The highest BCUT2D eigenvalue weighted by Gasteiger charge is 2.28. The number of halogens is 2. The Kier molecular flexibility index (Phi) is 8.88. The van der Waals surface area contributed by atoms with E-state index in [-0.39, 0.29) is 19.0 Å². The van der Waals surface area contributed by atoms with Crippen LogP contribution in [0.1, 0.15) is 24.1 Å². The van der Waals surface area contributed by atoms with Gasteiger partial charge in [-0.3, -0.25) is 0 Å². The van der Waals surface area contributed by atoms with E-state index in [2.05, 4.69) is 4.74 Å². The van der Waals surface area contributed by atoms with Gasteiger partial charge in [-0.25, -0.2) is 9.18 Å². The Morgan fingerprint density at radius 2 is 1.85 bits per heavy atom. The van der Waals surface area contributed by atoms with Crippen LogP contribution in [0.5, 0.6) is 11.5 Å². The van der Waals surface area contributed by atoms with E-state index < -0.39 is 18.2 Å². The Morgan fingerprint density at radius 3 is 2.46 bits per heavy atom. The minimum absolute atomic E-state index is 0. The molecule has 0 aliphatic heterocycles. The van der Waals surface area contributed by atoms with Gasteiger partial charge in [0.05, 0.1) is 19.8 Å². The molecule has 2 aromatic rings. The van der Waals surface area contributed by atoms with Crippen LogP contribution in [0.2, 0.25) is 0 Å². The summed E-state index contributed by atoms with van der Waals surface area (Å²) in [5.74, 6) is -0.0489. The lowest BCUT2D eigenvalue weighted by atomic mass is 10.0. The second-order valence-corrected chi connectivity index (χ2v) is 5.36. The quantitative estimate of drug-likeness (QED) is 0.705. The maximum atomic E-state index is 14.1. The van der Waals surface area contributed by atoms with Crippen molar-refractivity contribution in [2.75, 3.05) is 13.7 Å². The summed E-state index contributed by atoms with van der Waals surface area (Å²) < 4.78 is 29.8. The number of nitrogens with two attached hydrogens (primary N) is 1. The van der Waals surface area contributed by atoms with Crippen molar-refractivity contribution in [1.29, 1.82) is 0 Å². The van der Waals surface area contributed by atoms with Gasteiger partial charge in [0.15, 0.2) is 11.5 Å². The highest BCUT2D eigenvalue weighted by Crippen LogP contribution is 2.31. The van der Waals surface area contributed by atoms with Gasteiger partial charge in [0.25, 0.3) is 0 Å². The molecule has 0 heterocycles.